The molecular weight excluding hydrogens is 299 g/mol. The first-order chi connectivity index (χ1) is 11.8. The van der Waals surface area contributed by atoms with Crippen LogP contribution in [0.15, 0.2) is 48.5 Å². The third kappa shape index (κ3) is 2.82. The molecule has 2 aliphatic rings. The molecule has 4 rings (SSSR count). The van der Waals surface area contributed by atoms with Crippen molar-refractivity contribution in [3.63, 3.8) is 0 Å². The van der Waals surface area contributed by atoms with E-state index in [1.54, 1.807) is 6.07 Å². The van der Waals surface area contributed by atoms with Crippen LogP contribution in [0.25, 0.3) is 0 Å². The summed E-state index contributed by atoms with van der Waals surface area (Å²) in [6.07, 6.45) is 2.44. The summed E-state index contributed by atoms with van der Waals surface area (Å²) in [7, 11) is 0. The lowest BCUT2D eigenvalue weighted by Gasteiger charge is -2.38. The maximum atomic E-state index is 13.7. The maximum absolute atomic E-state index is 13.7. The fourth-order valence-electron chi connectivity index (χ4n) is 4.34. The topological polar surface area (TPSA) is 6.48 Å². The van der Waals surface area contributed by atoms with Crippen LogP contribution in [-0.4, -0.2) is 37.1 Å². The van der Waals surface area contributed by atoms with E-state index in [2.05, 4.69) is 47.1 Å². The zero-order valence-electron chi connectivity index (χ0n) is 14.3. The average molecular weight is 324 g/mol. The Labute approximate surface area is 143 Å². The second kappa shape index (κ2) is 6.56. The number of fused-ring (bicyclic) bond motifs is 1. The van der Waals surface area contributed by atoms with Gasteiger partial charge >= 0.3 is 0 Å². The van der Waals surface area contributed by atoms with Gasteiger partial charge in [0.2, 0.25) is 0 Å². The molecule has 2 aromatic rings. The largest absolute Gasteiger partial charge is 0.367 e. The third-order valence-corrected chi connectivity index (χ3v) is 5.70. The molecule has 0 amide bonds. The molecule has 1 fully saturated rings. The summed E-state index contributed by atoms with van der Waals surface area (Å²) < 4.78 is 13.7. The molecule has 126 valence electrons. The molecule has 2 nitrogen and oxygen atoms in total. The predicted octanol–water partition coefficient (Wildman–Crippen LogP) is 4.26. The quantitative estimate of drug-likeness (QED) is 0.832. The molecule has 0 bridgehead atoms. The fourth-order valence-corrected chi connectivity index (χ4v) is 4.34. The van der Waals surface area contributed by atoms with Crippen LogP contribution in [0.1, 0.15) is 36.8 Å². The monoisotopic (exact) mass is 324 g/mol. The summed E-state index contributed by atoms with van der Waals surface area (Å²) >= 11 is 0. The van der Waals surface area contributed by atoms with Crippen LogP contribution in [0.4, 0.5) is 10.1 Å². The average Bonchev–Trinajstić information content (AvgIpc) is 3.01. The Kier molecular flexibility index (Phi) is 4.28. The van der Waals surface area contributed by atoms with Gasteiger partial charge in [0.25, 0.3) is 0 Å². The molecule has 0 aliphatic carbocycles. The van der Waals surface area contributed by atoms with E-state index in [0.717, 1.165) is 18.7 Å². The molecular formula is C21H25FN2. The molecule has 1 unspecified atom stereocenters. The van der Waals surface area contributed by atoms with Crippen molar-refractivity contribution in [1.29, 1.82) is 0 Å². The minimum absolute atomic E-state index is 0.139. The smallest absolute Gasteiger partial charge is 0.123 e. The first kappa shape index (κ1) is 15.6. The van der Waals surface area contributed by atoms with Gasteiger partial charge in [0, 0.05) is 37.3 Å². The highest BCUT2D eigenvalue weighted by Gasteiger charge is 2.34. The van der Waals surface area contributed by atoms with E-state index in [1.807, 2.05) is 6.07 Å². The van der Waals surface area contributed by atoms with Crippen molar-refractivity contribution in [3.8, 4) is 0 Å². The normalized spacial score (nSPS) is 21.9. The molecule has 2 aromatic carbocycles. The van der Waals surface area contributed by atoms with Crippen LogP contribution < -0.4 is 4.90 Å². The summed E-state index contributed by atoms with van der Waals surface area (Å²) in [5.41, 5.74) is 3.79. The summed E-state index contributed by atoms with van der Waals surface area (Å²) in [4.78, 5) is 5.11. The van der Waals surface area contributed by atoms with Gasteiger partial charge in [0.15, 0.2) is 0 Å². The molecule has 0 radical (unpaired) electrons. The van der Waals surface area contributed by atoms with E-state index in [4.69, 9.17) is 0 Å². The standard InChI is InChI=1S/C21H25FN2/c1-2-23-12-10-18(11-13-23)24-15-20(16-6-5-7-17(22)14-16)19-8-3-4-9-21(19)24/h3-9,14,18,20H,2,10-13,15H2,1H3. The maximum Gasteiger partial charge on any atom is 0.123 e. The Morgan fingerprint density at radius 1 is 1.04 bits per heavy atom. The Bertz CT molecular complexity index is 706. The van der Waals surface area contributed by atoms with Crippen molar-refractivity contribution < 1.29 is 4.39 Å². The van der Waals surface area contributed by atoms with Gasteiger partial charge in [0.05, 0.1) is 0 Å². The highest BCUT2D eigenvalue weighted by Crippen LogP contribution is 2.42. The molecule has 3 heteroatoms. The van der Waals surface area contributed by atoms with E-state index in [9.17, 15) is 4.39 Å². The second-order valence-corrected chi connectivity index (χ2v) is 6.98. The van der Waals surface area contributed by atoms with Crippen LogP contribution in [0.2, 0.25) is 0 Å². The molecule has 2 aliphatic heterocycles. The van der Waals surface area contributed by atoms with Crippen LogP contribution in [0.5, 0.6) is 0 Å². The number of halogens is 1. The summed E-state index contributed by atoms with van der Waals surface area (Å²) in [6.45, 7) is 6.73. The lowest BCUT2D eigenvalue weighted by atomic mass is 9.93. The third-order valence-electron chi connectivity index (χ3n) is 5.70. The number of hydrogen-bond acceptors (Lipinski definition) is 2. The molecule has 1 atom stereocenters. The Hall–Kier alpha value is -1.87. The van der Waals surface area contributed by atoms with E-state index >= 15 is 0 Å². The van der Waals surface area contributed by atoms with E-state index < -0.39 is 0 Å². The summed E-state index contributed by atoms with van der Waals surface area (Å²) in [6, 6.07) is 16.4. The van der Waals surface area contributed by atoms with Gasteiger partial charge in [-0.25, -0.2) is 4.39 Å². The molecule has 24 heavy (non-hydrogen) atoms. The highest BCUT2D eigenvalue weighted by molar-refractivity contribution is 5.63. The number of anilines is 1. The number of piperidine rings is 1. The van der Waals surface area contributed by atoms with Gasteiger partial charge < -0.3 is 9.80 Å². The number of para-hydroxylation sites is 1. The van der Waals surface area contributed by atoms with Gasteiger partial charge in [-0.3, -0.25) is 0 Å². The van der Waals surface area contributed by atoms with Crippen molar-refractivity contribution in [2.24, 2.45) is 0 Å². The fraction of sp³-hybridized carbons (Fsp3) is 0.429. The molecule has 0 aromatic heterocycles. The summed E-state index contributed by atoms with van der Waals surface area (Å²) in [5, 5.41) is 0. The molecule has 0 N–H and O–H groups in total. The highest BCUT2D eigenvalue weighted by atomic mass is 19.1. The first-order valence-electron chi connectivity index (χ1n) is 9.09. The number of likely N-dealkylation sites (tertiary alicyclic amines) is 1. The number of rotatable bonds is 3. The van der Waals surface area contributed by atoms with Crippen LogP contribution >= 0.6 is 0 Å². The Morgan fingerprint density at radius 3 is 2.58 bits per heavy atom. The van der Waals surface area contributed by atoms with Crippen LogP contribution in [-0.2, 0) is 0 Å². The van der Waals surface area contributed by atoms with Crippen molar-refractivity contribution in [3.05, 3.63) is 65.5 Å². The lowest BCUT2D eigenvalue weighted by molar-refractivity contribution is 0.219. The summed E-state index contributed by atoms with van der Waals surface area (Å²) in [5.74, 6) is 0.140. The van der Waals surface area contributed by atoms with E-state index in [0.29, 0.717) is 6.04 Å². The van der Waals surface area contributed by atoms with Crippen molar-refractivity contribution >= 4 is 5.69 Å². The molecule has 0 saturated carbocycles. The van der Waals surface area contributed by atoms with Gasteiger partial charge in [-0.1, -0.05) is 37.3 Å². The van der Waals surface area contributed by atoms with E-state index in [1.165, 1.54) is 43.2 Å². The lowest BCUT2D eigenvalue weighted by Crippen LogP contribution is -2.44. The van der Waals surface area contributed by atoms with E-state index in [-0.39, 0.29) is 11.7 Å². The van der Waals surface area contributed by atoms with Gasteiger partial charge in [-0.15, -0.1) is 0 Å². The van der Waals surface area contributed by atoms with Crippen LogP contribution in [0.3, 0.4) is 0 Å². The SMILES string of the molecule is CCN1CCC(N2CC(c3cccc(F)c3)c3ccccc32)CC1. The predicted molar refractivity (Wildman–Crippen MR) is 97.2 cm³/mol. The molecule has 2 heterocycles. The van der Waals surface area contributed by atoms with Gasteiger partial charge in [-0.2, -0.15) is 0 Å². The minimum atomic E-state index is -0.139. The van der Waals surface area contributed by atoms with Crippen molar-refractivity contribution in [2.45, 2.75) is 31.7 Å². The number of hydrogen-bond donors (Lipinski definition) is 0. The Balaban J connectivity index is 1.62. The molecule has 0 spiro atoms. The zero-order valence-corrected chi connectivity index (χ0v) is 14.3. The Morgan fingerprint density at radius 2 is 1.83 bits per heavy atom. The van der Waals surface area contributed by atoms with Gasteiger partial charge in [0.1, 0.15) is 5.82 Å². The second-order valence-electron chi connectivity index (χ2n) is 6.98. The van der Waals surface area contributed by atoms with Gasteiger partial charge in [-0.05, 0) is 48.7 Å². The number of benzene rings is 2. The zero-order chi connectivity index (χ0) is 16.5. The first-order valence-corrected chi connectivity index (χ1v) is 9.09. The minimum Gasteiger partial charge on any atom is -0.367 e. The van der Waals surface area contributed by atoms with Crippen LogP contribution in [0, 0.1) is 5.82 Å². The van der Waals surface area contributed by atoms with Crippen molar-refractivity contribution in [2.75, 3.05) is 31.1 Å². The van der Waals surface area contributed by atoms with Crippen molar-refractivity contribution in [1.82, 2.24) is 4.90 Å². The molecule has 1 saturated heterocycles. The number of nitrogens with zero attached hydrogens (tertiary/aromatic N) is 2.